The van der Waals surface area contributed by atoms with Crippen molar-refractivity contribution in [3.8, 4) is 0 Å². The summed E-state index contributed by atoms with van der Waals surface area (Å²) in [4.78, 5) is 23.8. The number of ether oxygens (including phenoxy) is 2. The molecular formula is C20H23NO4. The molecule has 0 saturated carbocycles. The molecule has 0 atom stereocenters. The first kappa shape index (κ1) is 18.5. The largest absolute Gasteiger partial charge is 0.456 e. The number of benzene rings is 2. The molecule has 0 fully saturated rings. The van der Waals surface area contributed by atoms with Crippen molar-refractivity contribution in [3.63, 3.8) is 0 Å². The Morgan fingerprint density at radius 3 is 2.32 bits per heavy atom. The maximum atomic E-state index is 12.1. The SMILES string of the molecule is CC(C)(C)OC(=O)c1cccc(CNC(=O)OCc2ccccc2)c1. The molecule has 0 aliphatic carbocycles. The molecule has 5 nitrogen and oxygen atoms in total. The van der Waals surface area contributed by atoms with E-state index in [-0.39, 0.29) is 19.1 Å². The van der Waals surface area contributed by atoms with Crippen LogP contribution in [0.25, 0.3) is 0 Å². The van der Waals surface area contributed by atoms with Gasteiger partial charge < -0.3 is 14.8 Å². The van der Waals surface area contributed by atoms with E-state index in [0.717, 1.165) is 11.1 Å². The first-order valence-corrected chi connectivity index (χ1v) is 8.10. The van der Waals surface area contributed by atoms with E-state index in [0.29, 0.717) is 5.56 Å². The highest BCUT2D eigenvalue weighted by Gasteiger charge is 2.18. The summed E-state index contributed by atoms with van der Waals surface area (Å²) < 4.78 is 10.5. The van der Waals surface area contributed by atoms with Crippen LogP contribution >= 0.6 is 0 Å². The van der Waals surface area contributed by atoms with Crippen LogP contribution in [-0.2, 0) is 22.6 Å². The Bertz CT molecular complexity index is 720. The third-order valence-electron chi connectivity index (χ3n) is 3.21. The third kappa shape index (κ3) is 6.67. The first-order chi connectivity index (χ1) is 11.8. The molecule has 0 radical (unpaired) electrons. The van der Waals surface area contributed by atoms with Gasteiger partial charge in [-0.3, -0.25) is 0 Å². The second-order valence-corrected chi connectivity index (χ2v) is 6.62. The summed E-state index contributed by atoms with van der Waals surface area (Å²) in [6.45, 7) is 5.94. The average molecular weight is 341 g/mol. The smallest absolute Gasteiger partial charge is 0.407 e. The van der Waals surface area contributed by atoms with Crippen LogP contribution in [0.4, 0.5) is 4.79 Å². The molecule has 0 aliphatic heterocycles. The number of amides is 1. The van der Waals surface area contributed by atoms with Gasteiger partial charge in [-0.2, -0.15) is 0 Å². The summed E-state index contributed by atoms with van der Waals surface area (Å²) >= 11 is 0. The molecule has 0 unspecified atom stereocenters. The van der Waals surface area contributed by atoms with Crippen molar-refractivity contribution in [3.05, 3.63) is 71.3 Å². The Balaban J connectivity index is 1.85. The average Bonchev–Trinajstić information content (AvgIpc) is 2.58. The molecule has 2 aromatic rings. The Labute approximate surface area is 148 Å². The number of rotatable bonds is 5. The van der Waals surface area contributed by atoms with Crippen LogP contribution in [-0.4, -0.2) is 17.7 Å². The molecule has 0 heterocycles. The molecule has 0 spiro atoms. The number of hydrogen-bond acceptors (Lipinski definition) is 4. The van der Waals surface area contributed by atoms with E-state index >= 15 is 0 Å². The second kappa shape index (κ2) is 8.33. The molecule has 2 aromatic carbocycles. The summed E-state index contributed by atoms with van der Waals surface area (Å²) in [5, 5.41) is 2.67. The summed E-state index contributed by atoms with van der Waals surface area (Å²) in [5.41, 5.74) is 1.61. The predicted octanol–water partition coefficient (Wildman–Crippen LogP) is 4.07. The standard InChI is InChI=1S/C20H23NO4/c1-20(2,3)25-18(22)17-11-7-10-16(12-17)13-21-19(23)24-14-15-8-5-4-6-9-15/h4-12H,13-14H2,1-3H3,(H,21,23). The van der Waals surface area contributed by atoms with Crippen LogP contribution in [0.15, 0.2) is 54.6 Å². The molecule has 132 valence electrons. The first-order valence-electron chi connectivity index (χ1n) is 8.10. The van der Waals surface area contributed by atoms with Crippen LogP contribution in [0.2, 0.25) is 0 Å². The lowest BCUT2D eigenvalue weighted by atomic mass is 10.1. The summed E-state index contributed by atoms with van der Waals surface area (Å²) in [5.74, 6) is -0.388. The van der Waals surface area contributed by atoms with Crippen molar-refractivity contribution >= 4 is 12.1 Å². The molecule has 0 aliphatic rings. The highest BCUT2D eigenvalue weighted by Crippen LogP contribution is 2.13. The van der Waals surface area contributed by atoms with Crippen molar-refractivity contribution in [1.82, 2.24) is 5.32 Å². The van der Waals surface area contributed by atoms with E-state index in [1.807, 2.05) is 57.2 Å². The lowest BCUT2D eigenvalue weighted by Gasteiger charge is -2.19. The highest BCUT2D eigenvalue weighted by molar-refractivity contribution is 5.89. The maximum absolute atomic E-state index is 12.1. The van der Waals surface area contributed by atoms with Gasteiger partial charge in [0, 0.05) is 6.54 Å². The minimum Gasteiger partial charge on any atom is -0.456 e. The molecule has 0 saturated heterocycles. The van der Waals surface area contributed by atoms with E-state index in [4.69, 9.17) is 9.47 Å². The molecule has 0 aromatic heterocycles. The number of alkyl carbamates (subject to hydrolysis) is 1. The highest BCUT2D eigenvalue weighted by atomic mass is 16.6. The molecule has 5 heteroatoms. The van der Waals surface area contributed by atoms with E-state index in [1.165, 1.54) is 0 Å². The van der Waals surface area contributed by atoms with Gasteiger partial charge in [0.1, 0.15) is 12.2 Å². The van der Waals surface area contributed by atoms with E-state index in [2.05, 4.69) is 5.32 Å². The monoisotopic (exact) mass is 341 g/mol. The van der Waals surface area contributed by atoms with Gasteiger partial charge in [0.2, 0.25) is 0 Å². The number of esters is 1. The van der Waals surface area contributed by atoms with Gasteiger partial charge in [0.05, 0.1) is 5.56 Å². The normalized spacial score (nSPS) is 10.8. The van der Waals surface area contributed by atoms with E-state index < -0.39 is 11.7 Å². The lowest BCUT2D eigenvalue weighted by molar-refractivity contribution is 0.00694. The Kier molecular flexibility index (Phi) is 6.17. The van der Waals surface area contributed by atoms with Gasteiger partial charge in [-0.1, -0.05) is 42.5 Å². The Morgan fingerprint density at radius 1 is 0.960 bits per heavy atom. The fourth-order valence-electron chi connectivity index (χ4n) is 2.09. The van der Waals surface area contributed by atoms with E-state index in [1.54, 1.807) is 18.2 Å². The minimum absolute atomic E-state index is 0.213. The Morgan fingerprint density at radius 2 is 1.64 bits per heavy atom. The predicted molar refractivity (Wildman–Crippen MR) is 95.1 cm³/mol. The number of hydrogen-bond donors (Lipinski definition) is 1. The zero-order valence-electron chi connectivity index (χ0n) is 14.7. The van der Waals surface area contributed by atoms with Crippen LogP contribution in [0, 0.1) is 0 Å². The summed E-state index contributed by atoms with van der Waals surface area (Å²) in [6.07, 6.45) is -0.508. The van der Waals surface area contributed by atoms with E-state index in [9.17, 15) is 9.59 Å². The molecule has 1 N–H and O–H groups in total. The summed E-state index contributed by atoms with van der Waals surface area (Å²) in [6, 6.07) is 16.4. The van der Waals surface area contributed by atoms with Crippen LogP contribution in [0.5, 0.6) is 0 Å². The van der Waals surface area contributed by atoms with Crippen LogP contribution in [0.3, 0.4) is 0 Å². The summed E-state index contributed by atoms with van der Waals surface area (Å²) in [7, 11) is 0. The lowest BCUT2D eigenvalue weighted by Crippen LogP contribution is -2.25. The van der Waals surface area contributed by atoms with Gasteiger partial charge >= 0.3 is 12.1 Å². The molecule has 25 heavy (non-hydrogen) atoms. The van der Waals surface area contributed by atoms with Gasteiger partial charge in [-0.25, -0.2) is 9.59 Å². The van der Waals surface area contributed by atoms with Gasteiger partial charge in [0.25, 0.3) is 0 Å². The molecular weight excluding hydrogens is 318 g/mol. The quantitative estimate of drug-likeness (QED) is 0.833. The zero-order valence-corrected chi connectivity index (χ0v) is 14.7. The fourth-order valence-corrected chi connectivity index (χ4v) is 2.09. The minimum atomic E-state index is -0.549. The topological polar surface area (TPSA) is 64.6 Å². The van der Waals surface area contributed by atoms with Crippen LogP contribution in [0.1, 0.15) is 42.3 Å². The van der Waals surface area contributed by atoms with Crippen molar-refractivity contribution in [1.29, 1.82) is 0 Å². The molecule has 2 rings (SSSR count). The van der Waals surface area contributed by atoms with Crippen molar-refractivity contribution in [2.45, 2.75) is 39.5 Å². The molecule has 0 bridgehead atoms. The van der Waals surface area contributed by atoms with Gasteiger partial charge in [0.15, 0.2) is 0 Å². The Hall–Kier alpha value is -2.82. The second-order valence-electron chi connectivity index (χ2n) is 6.62. The number of carbonyl (C=O) groups is 2. The zero-order chi connectivity index (χ0) is 18.3. The van der Waals surface area contributed by atoms with Crippen molar-refractivity contribution in [2.75, 3.05) is 0 Å². The number of nitrogens with one attached hydrogen (secondary N) is 1. The fraction of sp³-hybridized carbons (Fsp3) is 0.300. The van der Waals surface area contributed by atoms with Crippen molar-refractivity contribution < 1.29 is 19.1 Å². The van der Waals surface area contributed by atoms with Crippen molar-refractivity contribution in [2.24, 2.45) is 0 Å². The maximum Gasteiger partial charge on any atom is 0.407 e. The van der Waals surface area contributed by atoms with Gasteiger partial charge in [-0.15, -0.1) is 0 Å². The third-order valence-corrected chi connectivity index (χ3v) is 3.21. The van der Waals surface area contributed by atoms with Gasteiger partial charge in [-0.05, 0) is 44.0 Å². The number of carbonyl (C=O) groups excluding carboxylic acids is 2. The van der Waals surface area contributed by atoms with Crippen LogP contribution < -0.4 is 5.32 Å². The molecule has 1 amide bonds.